The van der Waals surface area contributed by atoms with Gasteiger partial charge < -0.3 is 13.7 Å². The van der Waals surface area contributed by atoms with Crippen molar-refractivity contribution in [2.75, 3.05) is 13.7 Å². The number of furan rings is 1. The smallest absolute Gasteiger partial charge is 0.150 e. The number of nitrogens with zero attached hydrogens (tertiary/aromatic N) is 1. The summed E-state index contributed by atoms with van der Waals surface area (Å²) in [4.78, 5) is 0. The monoisotopic (exact) mass is 219 g/mol. The zero-order valence-electron chi connectivity index (χ0n) is 9.77. The van der Waals surface area contributed by atoms with Gasteiger partial charge in [-0.2, -0.15) is 0 Å². The fraction of sp³-hybridized carbons (Fsp3) is 0.385. The first-order valence-electron chi connectivity index (χ1n) is 5.52. The minimum absolute atomic E-state index is 0.787. The van der Waals surface area contributed by atoms with Crippen LogP contribution in [0, 0.1) is 6.92 Å². The van der Waals surface area contributed by atoms with Gasteiger partial charge in [0, 0.05) is 26.0 Å². The summed E-state index contributed by atoms with van der Waals surface area (Å²) in [5.74, 6) is 0.922. The lowest BCUT2D eigenvalue weighted by atomic mass is 10.3. The largest absolute Gasteiger partial charge is 0.463 e. The van der Waals surface area contributed by atoms with Crippen molar-refractivity contribution in [2.24, 2.45) is 0 Å². The zero-order valence-corrected chi connectivity index (χ0v) is 9.77. The fourth-order valence-corrected chi connectivity index (χ4v) is 1.87. The summed E-state index contributed by atoms with van der Waals surface area (Å²) in [5.41, 5.74) is 2.39. The molecule has 0 unspecified atom stereocenters. The number of aromatic nitrogens is 1. The summed E-state index contributed by atoms with van der Waals surface area (Å²) in [6, 6.07) is 8.12. The summed E-state index contributed by atoms with van der Waals surface area (Å²) in [6.45, 7) is 3.86. The molecule has 2 rings (SSSR count). The first-order chi connectivity index (χ1) is 7.83. The van der Waals surface area contributed by atoms with E-state index >= 15 is 0 Å². The van der Waals surface area contributed by atoms with E-state index in [2.05, 4.69) is 23.6 Å². The van der Waals surface area contributed by atoms with Crippen molar-refractivity contribution in [3.8, 4) is 11.5 Å². The molecule has 16 heavy (non-hydrogen) atoms. The van der Waals surface area contributed by atoms with Crippen LogP contribution in [-0.2, 0) is 11.3 Å². The van der Waals surface area contributed by atoms with E-state index in [4.69, 9.17) is 9.15 Å². The van der Waals surface area contributed by atoms with Gasteiger partial charge in [0.2, 0.25) is 0 Å². The van der Waals surface area contributed by atoms with Crippen molar-refractivity contribution in [3.05, 3.63) is 36.2 Å². The molecule has 0 amide bonds. The normalized spacial score (nSPS) is 10.9. The fourth-order valence-electron chi connectivity index (χ4n) is 1.87. The van der Waals surface area contributed by atoms with Crippen LogP contribution in [0.25, 0.3) is 11.5 Å². The van der Waals surface area contributed by atoms with E-state index in [1.807, 2.05) is 12.1 Å². The molecule has 0 aromatic carbocycles. The third kappa shape index (κ3) is 2.19. The number of hydrogen-bond donors (Lipinski definition) is 0. The molecule has 2 aromatic rings. The minimum Gasteiger partial charge on any atom is -0.463 e. The van der Waals surface area contributed by atoms with E-state index in [1.165, 1.54) is 5.69 Å². The molecule has 0 bridgehead atoms. The van der Waals surface area contributed by atoms with Crippen molar-refractivity contribution >= 4 is 0 Å². The highest BCUT2D eigenvalue weighted by molar-refractivity contribution is 5.54. The quantitative estimate of drug-likeness (QED) is 0.722. The van der Waals surface area contributed by atoms with Gasteiger partial charge in [0.1, 0.15) is 5.76 Å². The molecule has 0 spiro atoms. The second-order valence-corrected chi connectivity index (χ2v) is 3.84. The molecule has 0 aliphatic rings. The second kappa shape index (κ2) is 5.03. The Morgan fingerprint density at radius 1 is 1.31 bits per heavy atom. The molecule has 0 fully saturated rings. The molecule has 0 saturated carbocycles. The van der Waals surface area contributed by atoms with Crippen molar-refractivity contribution in [1.82, 2.24) is 4.57 Å². The Balaban J connectivity index is 2.19. The van der Waals surface area contributed by atoms with Crippen molar-refractivity contribution in [3.63, 3.8) is 0 Å². The number of rotatable bonds is 5. The summed E-state index contributed by atoms with van der Waals surface area (Å²) < 4.78 is 12.8. The third-order valence-corrected chi connectivity index (χ3v) is 2.70. The van der Waals surface area contributed by atoms with Crippen LogP contribution >= 0.6 is 0 Å². The SMILES string of the molecule is COCCCn1c(C)ccc1-c1ccco1. The lowest BCUT2D eigenvalue weighted by Gasteiger charge is -2.09. The highest BCUT2D eigenvalue weighted by Gasteiger charge is 2.08. The van der Waals surface area contributed by atoms with E-state index in [-0.39, 0.29) is 0 Å². The Morgan fingerprint density at radius 2 is 2.19 bits per heavy atom. The molecule has 0 radical (unpaired) electrons. The van der Waals surface area contributed by atoms with Crippen molar-refractivity contribution < 1.29 is 9.15 Å². The molecule has 2 heterocycles. The van der Waals surface area contributed by atoms with Crippen LogP contribution in [0.4, 0.5) is 0 Å². The van der Waals surface area contributed by atoms with Crippen molar-refractivity contribution in [1.29, 1.82) is 0 Å². The van der Waals surface area contributed by atoms with E-state index in [0.717, 1.165) is 31.0 Å². The van der Waals surface area contributed by atoms with Crippen LogP contribution in [0.5, 0.6) is 0 Å². The first kappa shape index (κ1) is 11.0. The highest BCUT2D eigenvalue weighted by atomic mass is 16.5. The van der Waals surface area contributed by atoms with Crippen LogP contribution in [0.1, 0.15) is 12.1 Å². The average molecular weight is 219 g/mol. The molecule has 0 N–H and O–H groups in total. The Morgan fingerprint density at radius 3 is 2.88 bits per heavy atom. The second-order valence-electron chi connectivity index (χ2n) is 3.84. The third-order valence-electron chi connectivity index (χ3n) is 2.70. The van der Waals surface area contributed by atoms with Gasteiger partial charge in [0.15, 0.2) is 0 Å². The maximum atomic E-state index is 5.43. The van der Waals surface area contributed by atoms with Crippen LogP contribution in [-0.4, -0.2) is 18.3 Å². The first-order valence-corrected chi connectivity index (χ1v) is 5.52. The van der Waals surface area contributed by atoms with Gasteiger partial charge >= 0.3 is 0 Å². The number of hydrogen-bond acceptors (Lipinski definition) is 2. The predicted molar refractivity (Wildman–Crippen MR) is 63.4 cm³/mol. The van der Waals surface area contributed by atoms with Gasteiger partial charge in [-0.25, -0.2) is 0 Å². The van der Waals surface area contributed by atoms with Crippen LogP contribution in [0.2, 0.25) is 0 Å². The standard InChI is InChI=1S/C13H17NO2/c1-11-6-7-12(13-5-3-10-16-13)14(11)8-4-9-15-2/h3,5-7,10H,4,8-9H2,1-2H3. The molecular weight excluding hydrogens is 202 g/mol. The lowest BCUT2D eigenvalue weighted by molar-refractivity contribution is 0.190. The maximum absolute atomic E-state index is 5.43. The zero-order chi connectivity index (χ0) is 11.4. The molecule has 0 saturated heterocycles. The highest BCUT2D eigenvalue weighted by Crippen LogP contribution is 2.23. The molecular formula is C13H17NO2. The molecule has 2 aromatic heterocycles. The number of ether oxygens (including phenoxy) is 1. The van der Waals surface area contributed by atoms with E-state index in [0.29, 0.717) is 0 Å². The molecule has 86 valence electrons. The number of methoxy groups -OCH3 is 1. The van der Waals surface area contributed by atoms with E-state index < -0.39 is 0 Å². The Labute approximate surface area is 95.6 Å². The molecule has 0 aliphatic heterocycles. The van der Waals surface area contributed by atoms with Crippen LogP contribution in [0.15, 0.2) is 34.9 Å². The van der Waals surface area contributed by atoms with E-state index in [9.17, 15) is 0 Å². The van der Waals surface area contributed by atoms with Gasteiger partial charge in [-0.1, -0.05) is 0 Å². The topological polar surface area (TPSA) is 27.3 Å². The van der Waals surface area contributed by atoms with Crippen LogP contribution < -0.4 is 0 Å². The lowest BCUT2D eigenvalue weighted by Crippen LogP contribution is -2.04. The average Bonchev–Trinajstić information content (AvgIpc) is 2.89. The molecule has 0 atom stereocenters. The molecule has 3 nitrogen and oxygen atoms in total. The summed E-state index contributed by atoms with van der Waals surface area (Å²) in [5, 5.41) is 0. The van der Waals surface area contributed by atoms with E-state index in [1.54, 1.807) is 13.4 Å². The van der Waals surface area contributed by atoms with Gasteiger partial charge in [-0.3, -0.25) is 0 Å². The maximum Gasteiger partial charge on any atom is 0.150 e. The van der Waals surface area contributed by atoms with Gasteiger partial charge in [-0.15, -0.1) is 0 Å². The van der Waals surface area contributed by atoms with Crippen molar-refractivity contribution in [2.45, 2.75) is 19.9 Å². The Kier molecular flexibility index (Phi) is 3.47. The summed E-state index contributed by atoms with van der Waals surface area (Å²) in [7, 11) is 1.73. The molecule has 0 aliphatic carbocycles. The van der Waals surface area contributed by atoms with Crippen LogP contribution in [0.3, 0.4) is 0 Å². The van der Waals surface area contributed by atoms with Gasteiger partial charge in [-0.05, 0) is 37.6 Å². The number of aryl methyl sites for hydroxylation is 1. The van der Waals surface area contributed by atoms with Gasteiger partial charge in [0.05, 0.1) is 12.0 Å². The summed E-state index contributed by atoms with van der Waals surface area (Å²) in [6.07, 6.45) is 2.72. The predicted octanol–water partition coefficient (Wildman–Crippen LogP) is 3.09. The Hall–Kier alpha value is -1.48. The Bertz CT molecular complexity index is 429. The minimum atomic E-state index is 0.787. The molecule has 3 heteroatoms. The van der Waals surface area contributed by atoms with Gasteiger partial charge in [0.25, 0.3) is 0 Å². The summed E-state index contributed by atoms with van der Waals surface area (Å²) >= 11 is 0.